The molecule has 0 aromatic heterocycles. The summed E-state index contributed by atoms with van der Waals surface area (Å²) < 4.78 is 32.1. The Morgan fingerprint density at radius 2 is 1.70 bits per heavy atom. The molecule has 0 aliphatic rings. The smallest absolute Gasteiger partial charge is 0.293 e. The van der Waals surface area contributed by atoms with Crippen LogP contribution >= 0.6 is 0 Å². The van der Waals surface area contributed by atoms with Gasteiger partial charge in [0.15, 0.2) is 4.90 Å². The molecule has 0 radical (unpaired) electrons. The molecule has 0 N–H and O–H groups in total. The van der Waals surface area contributed by atoms with E-state index < -0.39 is 20.6 Å². The van der Waals surface area contributed by atoms with Gasteiger partial charge >= 0.3 is 0 Å². The zero-order valence-electron chi connectivity index (χ0n) is 14.1. The minimum atomic E-state index is -3.96. The molecular weight excluding hydrogens is 320 g/mol. The first-order valence-corrected chi connectivity index (χ1v) is 8.86. The van der Waals surface area contributed by atoms with E-state index in [1.807, 2.05) is 27.7 Å². The topological polar surface area (TPSA) is 89.8 Å². The highest BCUT2D eigenvalue weighted by atomic mass is 32.2. The summed E-state index contributed by atoms with van der Waals surface area (Å²) in [7, 11) is -2.58. The van der Waals surface area contributed by atoms with Crippen molar-refractivity contribution >= 4 is 15.7 Å². The highest BCUT2D eigenvalue weighted by Gasteiger charge is 2.32. The normalized spacial score (nSPS) is 12.2. The van der Waals surface area contributed by atoms with Crippen molar-refractivity contribution in [3.63, 3.8) is 0 Å². The van der Waals surface area contributed by atoms with Crippen LogP contribution in [0.1, 0.15) is 27.7 Å². The number of nitro groups is 1. The summed E-state index contributed by atoms with van der Waals surface area (Å²) in [5.41, 5.74) is -0.470. The minimum Gasteiger partial charge on any atom is -0.497 e. The van der Waals surface area contributed by atoms with Gasteiger partial charge in [-0.3, -0.25) is 10.1 Å². The number of benzene rings is 1. The Labute approximate surface area is 137 Å². The van der Waals surface area contributed by atoms with Crippen LogP contribution in [-0.2, 0) is 10.0 Å². The maximum Gasteiger partial charge on any atom is 0.293 e. The summed E-state index contributed by atoms with van der Waals surface area (Å²) in [5.74, 6) is 0.469. The number of nitrogens with zero attached hydrogens (tertiary/aromatic N) is 2. The summed E-state index contributed by atoms with van der Waals surface area (Å²) in [6.07, 6.45) is 0. The number of rotatable bonds is 8. The molecule has 0 fully saturated rings. The standard InChI is InChI=1S/C15H24N2O5S/c1-11(2)9-16(10-12(3)4)23(20,21)15-7-6-13(22-5)8-14(15)17(18)19/h6-8,11-12H,9-10H2,1-5H3. The average molecular weight is 344 g/mol. The van der Waals surface area contributed by atoms with Crippen LogP contribution in [0.15, 0.2) is 23.1 Å². The molecule has 130 valence electrons. The lowest BCUT2D eigenvalue weighted by Crippen LogP contribution is -2.37. The summed E-state index contributed by atoms with van der Waals surface area (Å²) in [4.78, 5) is 10.3. The van der Waals surface area contributed by atoms with Crippen molar-refractivity contribution < 1.29 is 18.1 Å². The predicted molar refractivity (Wildman–Crippen MR) is 88.1 cm³/mol. The molecule has 0 heterocycles. The van der Waals surface area contributed by atoms with E-state index in [4.69, 9.17) is 4.74 Å². The van der Waals surface area contributed by atoms with Gasteiger partial charge in [-0.15, -0.1) is 0 Å². The van der Waals surface area contributed by atoms with Gasteiger partial charge in [-0.1, -0.05) is 27.7 Å². The van der Waals surface area contributed by atoms with Crippen LogP contribution in [-0.4, -0.2) is 37.8 Å². The molecule has 1 aromatic rings. The molecule has 0 saturated heterocycles. The average Bonchev–Trinajstić information content (AvgIpc) is 2.44. The van der Waals surface area contributed by atoms with Crippen LogP contribution < -0.4 is 4.74 Å². The number of methoxy groups -OCH3 is 1. The monoisotopic (exact) mass is 344 g/mol. The van der Waals surface area contributed by atoms with Crippen molar-refractivity contribution in [2.24, 2.45) is 11.8 Å². The Kier molecular flexibility index (Phi) is 6.52. The van der Waals surface area contributed by atoms with Gasteiger partial charge < -0.3 is 4.74 Å². The van der Waals surface area contributed by atoms with Gasteiger partial charge in [-0.25, -0.2) is 8.42 Å². The summed E-state index contributed by atoms with van der Waals surface area (Å²) in [6.45, 7) is 8.25. The third kappa shape index (κ3) is 4.90. The van der Waals surface area contributed by atoms with Crippen LogP contribution in [0.3, 0.4) is 0 Å². The molecule has 0 spiro atoms. The Morgan fingerprint density at radius 1 is 1.17 bits per heavy atom. The summed E-state index contributed by atoms with van der Waals surface area (Å²) in [6, 6.07) is 3.79. The number of hydrogen-bond donors (Lipinski definition) is 0. The van der Waals surface area contributed by atoms with E-state index >= 15 is 0 Å². The lowest BCUT2D eigenvalue weighted by atomic mass is 10.2. The second kappa shape index (κ2) is 7.74. The number of nitro benzene ring substituents is 1. The zero-order chi connectivity index (χ0) is 17.8. The highest BCUT2D eigenvalue weighted by Crippen LogP contribution is 2.31. The lowest BCUT2D eigenvalue weighted by molar-refractivity contribution is -0.387. The zero-order valence-corrected chi connectivity index (χ0v) is 15.0. The van der Waals surface area contributed by atoms with Gasteiger partial charge in [0.25, 0.3) is 5.69 Å². The molecule has 1 aromatic carbocycles. The van der Waals surface area contributed by atoms with Crippen molar-refractivity contribution in [1.82, 2.24) is 4.31 Å². The van der Waals surface area contributed by atoms with Crippen molar-refractivity contribution in [2.45, 2.75) is 32.6 Å². The first-order chi connectivity index (χ1) is 10.6. The summed E-state index contributed by atoms with van der Waals surface area (Å²) >= 11 is 0. The fourth-order valence-electron chi connectivity index (χ4n) is 2.21. The molecule has 0 saturated carbocycles. The Hall–Kier alpha value is -1.67. The molecule has 23 heavy (non-hydrogen) atoms. The van der Waals surface area contributed by atoms with Crippen LogP contribution in [0.4, 0.5) is 5.69 Å². The van der Waals surface area contributed by atoms with Crippen LogP contribution in [0.25, 0.3) is 0 Å². The van der Waals surface area contributed by atoms with Gasteiger partial charge in [0.05, 0.1) is 18.1 Å². The van der Waals surface area contributed by atoms with Gasteiger partial charge in [0, 0.05) is 13.1 Å². The van der Waals surface area contributed by atoms with E-state index in [0.29, 0.717) is 13.1 Å². The van der Waals surface area contributed by atoms with Crippen molar-refractivity contribution in [3.05, 3.63) is 28.3 Å². The Balaban J connectivity index is 3.41. The second-order valence-electron chi connectivity index (χ2n) is 6.20. The lowest BCUT2D eigenvalue weighted by Gasteiger charge is -2.25. The van der Waals surface area contributed by atoms with Crippen molar-refractivity contribution in [1.29, 1.82) is 0 Å². The molecule has 0 atom stereocenters. The minimum absolute atomic E-state index is 0.112. The molecule has 7 nitrogen and oxygen atoms in total. The molecule has 0 amide bonds. The highest BCUT2D eigenvalue weighted by molar-refractivity contribution is 7.89. The molecule has 0 bridgehead atoms. The van der Waals surface area contributed by atoms with Gasteiger partial charge in [0.1, 0.15) is 5.75 Å². The van der Waals surface area contributed by atoms with E-state index in [1.54, 1.807) is 0 Å². The van der Waals surface area contributed by atoms with E-state index in [9.17, 15) is 18.5 Å². The maximum atomic E-state index is 12.9. The van der Waals surface area contributed by atoms with E-state index in [2.05, 4.69) is 0 Å². The van der Waals surface area contributed by atoms with E-state index in [0.717, 1.165) is 6.07 Å². The predicted octanol–water partition coefficient (Wildman–Crippen LogP) is 2.91. The third-order valence-electron chi connectivity index (χ3n) is 3.12. The number of ether oxygens (including phenoxy) is 1. The first-order valence-electron chi connectivity index (χ1n) is 7.42. The quantitative estimate of drug-likeness (QED) is 0.534. The molecule has 0 aliphatic heterocycles. The Morgan fingerprint density at radius 3 is 2.09 bits per heavy atom. The van der Waals surface area contributed by atoms with Gasteiger partial charge in [0.2, 0.25) is 10.0 Å². The molecule has 8 heteroatoms. The third-order valence-corrected chi connectivity index (χ3v) is 5.00. The number of hydrogen-bond acceptors (Lipinski definition) is 5. The second-order valence-corrected chi connectivity index (χ2v) is 8.11. The maximum absolute atomic E-state index is 12.9. The fourth-order valence-corrected chi connectivity index (χ4v) is 4.11. The van der Waals surface area contributed by atoms with E-state index in [1.165, 1.54) is 23.5 Å². The molecule has 1 rings (SSSR count). The SMILES string of the molecule is COc1ccc(S(=O)(=O)N(CC(C)C)CC(C)C)c([N+](=O)[O-])c1. The van der Waals surface area contributed by atoms with Gasteiger partial charge in [-0.2, -0.15) is 4.31 Å². The number of sulfonamides is 1. The van der Waals surface area contributed by atoms with E-state index in [-0.39, 0.29) is 22.5 Å². The van der Waals surface area contributed by atoms with Gasteiger partial charge in [-0.05, 0) is 24.0 Å². The largest absolute Gasteiger partial charge is 0.497 e. The Bertz CT molecular complexity index is 646. The van der Waals surface area contributed by atoms with Crippen molar-refractivity contribution in [2.75, 3.05) is 20.2 Å². The van der Waals surface area contributed by atoms with Crippen LogP contribution in [0.5, 0.6) is 5.75 Å². The molecule has 0 unspecified atom stereocenters. The molecule has 0 aliphatic carbocycles. The fraction of sp³-hybridized carbons (Fsp3) is 0.600. The summed E-state index contributed by atoms with van der Waals surface area (Å²) in [5, 5.41) is 11.3. The van der Waals surface area contributed by atoms with Crippen LogP contribution in [0.2, 0.25) is 0 Å². The van der Waals surface area contributed by atoms with Crippen LogP contribution in [0, 0.1) is 22.0 Å². The van der Waals surface area contributed by atoms with Crippen molar-refractivity contribution in [3.8, 4) is 5.75 Å². The molecular formula is C15H24N2O5S. The first kappa shape index (κ1) is 19.4.